The number of hydrogen-bond donors (Lipinski definition) is 0. The second kappa shape index (κ2) is 8.77. The normalized spacial score (nSPS) is 15.7. The Labute approximate surface area is 177 Å². The lowest BCUT2D eigenvalue weighted by Crippen LogP contribution is -2.40. The molecule has 1 fully saturated rings. The summed E-state index contributed by atoms with van der Waals surface area (Å²) in [6.45, 7) is 9.79. The number of amides is 1. The van der Waals surface area contributed by atoms with Gasteiger partial charge in [-0.25, -0.2) is 4.98 Å². The third-order valence-electron chi connectivity index (χ3n) is 4.61. The van der Waals surface area contributed by atoms with E-state index in [2.05, 4.69) is 29.2 Å². The molecule has 5 nitrogen and oxygen atoms in total. The van der Waals surface area contributed by atoms with Gasteiger partial charge in [0, 0.05) is 23.2 Å². The molecule has 1 aliphatic heterocycles. The minimum Gasteiger partial charge on any atom is -0.342 e. The average molecular weight is 497 g/mol. The van der Waals surface area contributed by atoms with Crippen LogP contribution in [-0.2, 0) is 11.3 Å². The van der Waals surface area contributed by atoms with Gasteiger partial charge in [-0.3, -0.25) is 14.2 Å². The molecule has 1 aliphatic rings. The summed E-state index contributed by atoms with van der Waals surface area (Å²) >= 11 is 3.56. The Morgan fingerprint density at radius 3 is 2.70 bits per heavy atom. The summed E-state index contributed by atoms with van der Waals surface area (Å²) in [5.74, 6) is 0.124. The molecule has 2 aromatic rings. The second-order valence-electron chi connectivity index (χ2n) is 7.05. The summed E-state index contributed by atoms with van der Waals surface area (Å²) < 4.78 is 2.64. The first-order chi connectivity index (χ1) is 12.9. The van der Waals surface area contributed by atoms with Crippen molar-refractivity contribution in [1.82, 2.24) is 14.5 Å². The van der Waals surface area contributed by atoms with Crippen molar-refractivity contribution in [3.8, 4) is 0 Å². The predicted molar refractivity (Wildman–Crippen MR) is 119 cm³/mol. The highest BCUT2D eigenvalue weighted by atomic mass is 127. The summed E-state index contributed by atoms with van der Waals surface area (Å²) in [5, 5.41) is 0.893. The molecule has 27 heavy (non-hydrogen) atoms. The van der Waals surface area contributed by atoms with E-state index in [0.717, 1.165) is 35.1 Å². The van der Waals surface area contributed by atoms with Gasteiger partial charge in [-0.2, -0.15) is 0 Å². The van der Waals surface area contributed by atoms with Crippen molar-refractivity contribution >= 4 is 51.2 Å². The molecule has 7 heteroatoms. The molecule has 1 atom stereocenters. The number of piperidine rings is 1. The predicted octanol–water partition coefficient (Wildman–Crippen LogP) is 4.07. The maximum atomic E-state index is 13.1. The molecule has 1 amide bonds. The number of thioether (sulfide) groups is 1. The number of aromatic nitrogens is 2. The number of nitrogens with zero attached hydrogens (tertiary/aromatic N) is 3. The van der Waals surface area contributed by atoms with Crippen LogP contribution in [0.15, 0.2) is 40.3 Å². The number of hydrogen-bond acceptors (Lipinski definition) is 4. The number of halogens is 1. The van der Waals surface area contributed by atoms with E-state index in [4.69, 9.17) is 4.98 Å². The summed E-state index contributed by atoms with van der Waals surface area (Å²) in [5.41, 5.74) is 1.46. The Morgan fingerprint density at radius 1 is 1.33 bits per heavy atom. The summed E-state index contributed by atoms with van der Waals surface area (Å²) in [4.78, 5) is 32.5. The molecule has 0 spiro atoms. The van der Waals surface area contributed by atoms with Crippen molar-refractivity contribution < 1.29 is 4.79 Å². The van der Waals surface area contributed by atoms with Crippen LogP contribution < -0.4 is 5.56 Å². The number of benzene rings is 1. The number of likely N-dealkylation sites (tertiary alicyclic amines) is 1. The summed E-state index contributed by atoms with van der Waals surface area (Å²) in [6.07, 6.45) is 3.32. The third kappa shape index (κ3) is 4.74. The van der Waals surface area contributed by atoms with Crippen LogP contribution in [0.4, 0.5) is 0 Å². The van der Waals surface area contributed by atoms with Crippen LogP contribution >= 0.6 is 34.4 Å². The fraction of sp³-hybridized carbons (Fsp3) is 0.450. The Balaban J connectivity index is 1.96. The first-order valence-electron chi connectivity index (χ1n) is 9.16. The highest BCUT2D eigenvalue weighted by Crippen LogP contribution is 2.26. The van der Waals surface area contributed by atoms with Crippen molar-refractivity contribution in [2.24, 2.45) is 0 Å². The lowest BCUT2D eigenvalue weighted by atomic mass is 10.1. The zero-order valence-electron chi connectivity index (χ0n) is 15.7. The highest BCUT2D eigenvalue weighted by Gasteiger charge is 2.25. The van der Waals surface area contributed by atoms with Gasteiger partial charge in [0.2, 0.25) is 5.91 Å². The van der Waals surface area contributed by atoms with Gasteiger partial charge < -0.3 is 4.90 Å². The van der Waals surface area contributed by atoms with Crippen LogP contribution in [0, 0.1) is 3.57 Å². The van der Waals surface area contributed by atoms with Gasteiger partial charge in [-0.15, -0.1) is 0 Å². The molecule has 0 unspecified atom stereocenters. The van der Waals surface area contributed by atoms with Gasteiger partial charge in [-0.05, 0) is 73.9 Å². The molecule has 3 rings (SSSR count). The zero-order chi connectivity index (χ0) is 19.6. The number of allylic oxidation sites excluding steroid dienone is 1. The van der Waals surface area contributed by atoms with Crippen molar-refractivity contribution in [3.63, 3.8) is 0 Å². The van der Waals surface area contributed by atoms with Gasteiger partial charge in [0.25, 0.3) is 5.56 Å². The minimum atomic E-state index is -0.285. The summed E-state index contributed by atoms with van der Waals surface area (Å²) in [7, 11) is 0. The van der Waals surface area contributed by atoms with E-state index < -0.39 is 0 Å². The van der Waals surface area contributed by atoms with E-state index in [1.807, 2.05) is 36.9 Å². The molecule has 2 heterocycles. The smallest absolute Gasteiger partial charge is 0.262 e. The molecule has 1 aromatic heterocycles. The molecular weight excluding hydrogens is 473 g/mol. The Kier molecular flexibility index (Phi) is 6.62. The van der Waals surface area contributed by atoms with Crippen molar-refractivity contribution in [3.05, 3.63) is 44.3 Å². The standard InChI is InChI=1S/C20H24IN3O2S/c1-13(2)12-24-19(26)16-11-15(21)7-8-17(16)22-20(24)27-14(3)18(25)23-9-5-4-6-10-23/h7-8,11,14H,1,4-6,9-10,12H2,2-3H3/t14-/m1/s1. The molecule has 1 aromatic carbocycles. The zero-order valence-corrected chi connectivity index (χ0v) is 18.7. The van der Waals surface area contributed by atoms with Crippen molar-refractivity contribution in [1.29, 1.82) is 0 Å². The van der Waals surface area contributed by atoms with E-state index >= 15 is 0 Å². The number of carbonyl (C=O) groups is 1. The van der Waals surface area contributed by atoms with Gasteiger partial charge in [0.05, 0.1) is 16.2 Å². The van der Waals surface area contributed by atoms with Crippen molar-refractivity contribution in [2.75, 3.05) is 13.1 Å². The van der Waals surface area contributed by atoms with E-state index in [-0.39, 0.29) is 16.7 Å². The maximum Gasteiger partial charge on any atom is 0.262 e. The van der Waals surface area contributed by atoms with E-state index in [0.29, 0.717) is 22.6 Å². The Morgan fingerprint density at radius 2 is 2.04 bits per heavy atom. The SMILES string of the molecule is C=C(C)Cn1c(S[C@H](C)C(=O)N2CCCCC2)nc2ccc(I)cc2c1=O. The van der Waals surface area contributed by atoms with Crippen LogP contribution in [0.2, 0.25) is 0 Å². The van der Waals surface area contributed by atoms with E-state index in [1.165, 1.54) is 18.2 Å². The minimum absolute atomic E-state index is 0.0818. The topological polar surface area (TPSA) is 55.2 Å². The first kappa shape index (κ1) is 20.4. The highest BCUT2D eigenvalue weighted by molar-refractivity contribution is 14.1. The molecule has 144 valence electrons. The van der Waals surface area contributed by atoms with Crippen LogP contribution in [0.3, 0.4) is 0 Å². The van der Waals surface area contributed by atoms with E-state index in [1.54, 1.807) is 4.57 Å². The van der Waals surface area contributed by atoms with Gasteiger partial charge in [-0.1, -0.05) is 23.9 Å². The third-order valence-corrected chi connectivity index (χ3v) is 6.36. The fourth-order valence-electron chi connectivity index (χ4n) is 3.25. The number of carbonyl (C=O) groups excluding carboxylic acids is 1. The van der Waals surface area contributed by atoms with Crippen molar-refractivity contribution in [2.45, 2.75) is 50.1 Å². The maximum absolute atomic E-state index is 13.1. The van der Waals surface area contributed by atoms with Crippen LogP contribution in [0.1, 0.15) is 33.1 Å². The molecule has 0 N–H and O–H groups in total. The van der Waals surface area contributed by atoms with Gasteiger partial charge >= 0.3 is 0 Å². The van der Waals surface area contributed by atoms with Gasteiger partial charge in [0.15, 0.2) is 5.16 Å². The fourth-order valence-corrected chi connectivity index (χ4v) is 4.74. The number of rotatable bonds is 5. The lowest BCUT2D eigenvalue weighted by Gasteiger charge is -2.29. The molecule has 0 bridgehead atoms. The lowest BCUT2D eigenvalue weighted by molar-refractivity contribution is -0.131. The molecular formula is C20H24IN3O2S. The quantitative estimate of drug-likeness (QED) is 0.271. The van der Waals surface area contributed by atoms with Crippen LogP contribution in [0.5, 0.6) is 0 Å². The molecule has 0 saturated carbocycles. The second-order valence-corrected chi connectivity index (χ2v) is 9.60. The van der Waals surface area contributed by atoms with Gasteiger partial charge in [0.1, 0.15) is 0 Å². The Hall–Kier alpha value is -1.35. The molecule has 1 saturated heterocycles. The average Bonchev–Trinajstić information content (AvgIpc) is 2.65. The summed E-state index contributed by atoms with van der Waals surface area (Å²) in [6, 6.07) is 5.66. The van der Waals surface area contributed by atoms with E-state index in [9.17, 15) is 9.59 Å². The van der Waals surface area contributed by atoms with Crippen LogP contribution in [0.25, 0.3) is 10.9 Å². The largest absolute Gasteiger partial charge is 0.342 e. The van der Waals surface area contributed by atoms with Crippen LogP contribution in [-0.4, -0.2) is 38.7 Å². The molecule has 0 aliphatic carbocycles. The monoisotopic (exact) mass is 497 g/mol. The molecule has 0 radical (unpaired) electrons. The Bertz CT molecular complexity index is 935. The first-order valence-corrected chi connectivity index (χ1v) is 11.1. The number of fused-ring (bicyclic) bond motifs is 1.